The van der Waals surface area contributed by atoms with Gasteiger partial charge in [-0.1, -0.05) is 0 Å². The van der Waals surface area contributed by atoms with Gasteiger partial charge >= 0.3 is 0 Å². The average Bonchev–Trinajstić information content (AvgIpc) is 2.61. The average molecular weight is 381 g/mol. The van der Waals surface area contributed by atoms with E-state index in [1.165, 1.54) is 6.92 Å². The summed E-state index contributed by atoms with van der Waals surface area (Å²) in [5.41, 5.74) is 2.58. The molecule has 0 aliphatic carbocycles. The summed E-state index contributed by atoms with van der Waals surface area (Å²) in [7, 11) is 0. The Morgan fingerprint density at radius 2 is 2.07 bits per heavy atom. The maximum Gasteiger partial charge on any atom is 0.159 e. The highest BCUT2D eigenvalue weighted by Gasteiger charge is 2.20. The lowest BCUT2D eigenvalue weighted by Crippen LogP contribution is -2.30. The topological polar surface area (TPSA) is 90.4 Å². The number of carbonyl (C=O) groups excluding carboxylic acids is 1. The van der Waals surface area contributed by atoms with Crippen molar-refractivity contribution in [2.75, 3.05) is 23.8 Å². The maximum atomic E-state index is 11.6. The summed E-state index contributed by atoms with van der Waals surface area (Å²) in [6.07, 6.45) is 5.62. The molecule has 0 bridgehead atoms. The van der Waals surface area contributed by atoms with Gasteiger partial charge in [-0.05, 0) is 57.5 Å². The molecule has 0 amide bonds. The Morgan fingerprint density at radius 1 is 1.29 bits per heavy atom. The van der Waals surface area contributed by atoms with Gasteiger partial charge in [-0.15, -0.1) is 0 Å². The zero-order valence-corrected chi connectivity index (χ0v) is 16.8. The van der Waals surface area contributed by atoms with Crippen molar-refractivity contribution in [1.82, 2.24) is 14.9 Å². The zero-order valence-electron chi connectivity index (χ0n) is 16.8. The monoisotopic (exact) mass is 381 g/mol. The number of carbonyl (C=O) groups is 1. The Kier molecular flexibility index (Phi) is 5.65. The van der Waals surface area contributed by atoms with Crippen LogP contribution in [-0.2, 0) is 6.54 Å². The van der Waals surface area contributed by atoms with Crippen molar-refractivity contribution in [3.05, 3.63) is 47.3 Å². The number of fused-ring (bicyclic) bond motifs is 1. The molecule has 2 aromatic rings. The van der Waals surface area contributed by atoms with Crippen LogP contribution in [-0.4, -0.2) is 44.4 Å². The van der Waals surface area contributed by atoms with Crippen LogP contribution in [0.4, 0.5) is 17.5 Å². The van der Waals surface area contributed by atoms with Crippen LogP contribution >= 0.6 is 0 Å². The molecule has 7 heteroatoms. The van der Waals surface area contributed by atoms with E-state index in [-0.39, 0.29) is 17.9 Å². The summed E-state index contributed by atoms with van der Waals surface area (Å²) in [4.78, 5) is 22.7. The number of anilines is 3. The summed E-state index contributed by atoms with van der Waals surface area (Å²) in [5, 5.41) is 15.9. The summed E-state index contributed by atoms with van der Waals surface area (Å²) in [5.74, 6) is 2.01. The van der Waals surface area contributed by atoms with E-state index < -0.39 is 0 Å². The molecule has 0 atom stereocenters. The first-order chi connectivity index (χ1) is 13.2. The van der Waals surface area contributed by atoms with Crippen LogP contribution < -0.4 is 10.6 Å². The first-order valence-corrected chi connectivity index (χ1v) is 9.34. The standard InChI is InChI=1S/C21H27N5O2/c1-14(28)15-5-7-22-18(11-15)23-19-12-16-6-8-26(9-10-27)13-17(16)20(24-19)25-21(2,3)4/h5-8,11-12,27H,9-10,13H2,1-4H3,(H2,22,23,24,25). The second-order valence-electron chi connectivity index (χ2n) is 7.92. The highest BCUT2D eigenvalue weighted by atomic mass is 16.3. The first kappa shape index (κ1) is 19.8. The van der Waals surface area contributed by atoms with Gasteiger partial charge in [0.1, 0.15) is 17.5 Å². The number of aliphatic hydroxyl groups excluding tert-OH is 1. The fourth-order valence-electron chi connectivity index (χ4n) is 3.00. The number of nitrogens with zero attached hydrogens (tertiary/aromatic N) is 3. The second-order valence-corrected chi connectivity index (χ2v) is 7.92. The maximum absolute atomic E-state index is 11.6. The minimum atomic E-state index is -0.158. The molecule has 0 unspecified atom stereocenters. The largest absolute Gasteiger partial charge is 0.395 e. The van der Waals surface area contributed by atoms with E-state index in [0.29, 0.717) is 30.3 Å². The van der Waals surface area contributed by atoms with Gasteiger partial charge in [0.05, 0.1) is 6.61 Å². The Labute approximate surface area is 165 Å². The summed E-state index contributed by atoms with van der Waals surface area (Å²) in [6, 6.07) is 5.39. The van der Waals surface area contributed by atoms with Gasteiger partial charge in [-0.3, -0.25) is 4.79 Å². The van der Waals surface area contributed by atoms with Gasteiger partial charge in [0.15, 0.2) is 5.78 Å². The van der Waals surface area contributed by atoms with Crippen LogP contribution in [0.5, 0.6) is 0 Å². The Morgan fingerprint density at radius 3 is 2.75 bits per heavy atom. The lowest BCUT2D eigenvalue weighted by atomic mass is 10.0. The Hall–Kier alpha value is -2.93. The molecule has 3 N–H and O–H groups in total. The van der Waals surface area contributed by atoms with Crippen LogP contribution in [0.25, 0.3) is 6.08 Å². The molecule has 2 aromatic heterocycles. The van der Waals surface area contributed by atoms with Crippen LogP contribution in [0.1, 0.15) is 49.2 Å². The molecule has 28 heavy (non-hydrogen) atoms. The molecule has 1 aliphatic rings. The van der Waals surface area contributed by atoms with Gasteiger partial charge in [0.25, 0.3) is 0 Å². The van der Waals surface area contributed by atoms with E-state index in [2.05, 4.69) is 41.3 Å². The van der Waals surface area contributed by atoms with Crippen molar-refractivity contribution in [2.24, 2.45) is 0 Å². The van der Waals surface area contributed by atoms with Crippen molar-refractivity contribution >= 4 is 29.3 Å². The third-order valence-electron chi connectivity index (χ3n) is 4.29. The number of hydrogen-bond donors (Lipinski definition) is 3. The van der Waals surface area contributed by atoms with E-state index in [4.69, 9.17) is 4.98 Å². The van der Waals surface area contributed by atoms with E-state index >= 15 is 0 Å². The highest BCUT2D eigenvalue weighted by Crippen LogP contribution is 2.30. The summed E-state index contributed by atoms with van der Waals surface area (Å²) < 4.78 is 0. The molecular formula is C21H27N5O2. The number of ketones is 1. The fraction of sp³-hybridized carbons (Fsp3) is 0.381. The molecule has 7 nitrogen and oxygen atoms in total. The lowest BCUT2D eigenvalue weighted by molar-refractivity contribution is 0.101. The fourth-order valence-corrected chi connectivity index (χ4v) is 3.00. The smallest absolute Gasteiger partial charge is 0.159 e. The molecule has 0 saturated carbocycles. The predicted molar refractivity (Wildman–Crippen MR) is 112 cm³/mol. The highest BCUT2D eigenvalue weighted by molar-refractivity contribution is 5.94. The summed E-state index contributed by atoms with van der Waals surface area (Å²) in [6.45, 7) is 9.15. The first-order valence-electron chi connectivity index (χ1n) is 9.34. The van der Waals surface area contributed by atoms with Crippen LogP contribution in [0.15, 0.2) is 30.6 Å². The van der Waals surface area contributed by atoms with Crippen molar-refractivity contribution in [3.63, 3.8) is 0 Å². The zero-order chi connectivity index (χ0) is 20.3. The molecule has 0 fully saturated rings. The van der Waals surface area contributed by atoms with E-state index in [1.54, 1.807) is 18.3 Å². The lowest BCUT2D eigenvalue weighted by Gasteiger charge is -2.29. The predicted octanol–water partition coefficient (Wildman–Crippen LogP) is 3.41. The number of hydrogen-bond acceptors (Lipinski definition) is 7. The normalized spacial score (nSPS) is 13.2. The molecule has 0 aromatic carbocycles. The van der Waals surface area contributed by atoms with Crippen LogP contribution in [0, 0.1) is 0 Å². The third kappa shape index (κ3) is 4.86. The second kappa shape index (κ2) is 7.98. The molecule has 148 valence electrons. The van der Waals surface area contributed by atoms with Crippen molar-refractivity contribution in [2.45, 2.75) is 39.8 Å². The Bertz CT molecular complexity index is 902. The molecular weight excluding hydrogens is 354 g/mol. The van der Waals surface area contributed by atoms with Gasteiger partial charge in [0.2, 0.25) is 0 Å². The minimum Gasteiger partial charge on any atom is -0.395 e. The Balaban J connectivity index is 1.96. The van der Waals surface area contributed by atoms with Crippen LogP contribution in [0.3, 0.4) is 0 Å². The van der Waals surface area contributed by atoms with E-state index in [9.17, 15) is 9.90 Å². The number of rotatable bonds is 6. The number of Topliss-reactive ketones (excluding diaryl/α,β-unsaturated/α-hetero) is 1. The minimum absolute atomic E-state index is 0.00848. The molecule has 0 spiro atoms. The van der Waals surface area contributed by atoms with Gasteiger partial charge < -0.3 is 20.6 Å². The quantitative estimate of drug-likeness (QED) is 0.661. The third-order valence-corrected chi connectivity index (χ3v) is 4.29. The van der Waals surface area contributed by atoms with Crippen molar-refractivity contribution in [1.29, 1.82) is 0 Å². The number of aromatic nitrogens is 2. The SMILES string of the molecule is CC(=O)c1ccnc(Nc2cc3c(c(NC(C)(C)C)n2)CN(CCO)C=C3)c1. The number of β-amino-alcohol motifs (C(OH)–C–C–N with tert-alkyl or cyclic N) is 1. The van der Waals surface area contributed by atoms with Gasteiger partial charge in [-0.2, -0.15) is 0 Å². The van der Waals surface area contributed by atoms with Crippen LogP contribution in [0.2, 0.25) is 0 Å². The molecule has 3 rings (SSSR count). The van der Waals surface area contributed by atoms with Crippen molar-refractivity contribution < 1.29 is 9.90 Å². The van der Waals surface area contributed by atoms with Crippen molar-refractivity contribution in [3.8, 4) is 0 Å². The van der Waals surface area contributed by atoms with Gasteiger partial charge in [-0.25, -0.2) is 9.97 Å². The molecule has 0 radical (unpaired) electrons. The molecule has 1 aliphatic heterocycles. The van der Waals surface area contributed by atoms with E-state index in [0.717, 1.165) is 16.9 Å². The molecule has 0 saturated heterocycles. The summed E-state index contributed by atoms with van der Waals surface area (Å²) >= 11 is 0. The number of nitrogens with one attached hydrogen (secondary N) is 2. The number of aliphatic hydroxyl groups is 1. The molecule has 3 heterocycles. The van der Waals surface area contributed by atoms with Gasteiger partial charge in [0, 0.05) is 42.2 Å². The van der Waals surface area contributed by atoms with E-state index in [1.807, 2.05) is 18.3 Å². The number of pyridine rings is 2.